The van der Waals surface area contributed by atoms with Gasteiger partial charge < -0.3 is 9.84 Å². The van der Waals surface area contributed by atoms with E-state index in [2.05, 4.69) is 6.58 Å². The molecule has 0 aliphatic carbocycles. The number of carboxylic acids is 1. The van der Waals surface area contributed by atoms with E-state index in [0.717, 1.165) is 25.3 Å². The third-order valence-electron chi connectivity index (χ3n) is 1.70. The van der Waals surface area contributed by atoms with Crippen LogP contribution in [0.5, 0.6) is 0 Å². The van der Waals surface area contributed by atoms with Crippen LogP contribution in [-0.2, 0) is 14.3 Å². The molecular weight excluding hydrogens is 184 g/mol. The Morgan fingerprint density at radius 1 is 1.21 bits per heavy atom. The van der Waals surface area contributed by atoms with Crippen molar-refractivity contribution < 1.29 is 19.4 Å². The highest BCUT2D eigenvalue weighted by Crippen LogP contribution is 2.03. The minimum atomic E-state index is -0.761. The van der Waals surface area contributed by atoms with Crippen molar-refractivity contribution in [3.05, 3.63) is 12.7 Å². The Kier molecular flexibility index (Phi) is 7.50. The average Bonchev–Trinajstić information content (AvgIpc) is 2.15. The Morgan fingerprint density at radius 3 is 2.43 bits per heavy atom. The van der Waals surface area contributed by atoms with Gasteiger partial charge in [-0.05, 0) is 12.8 Å². The first-order valence-corrected chi connectivity index (χ1v) is 4.68. The Bertz CT molecular complexity index is 198. The molecule has 4 heteroatoms. The number of carbonyl (C=O) groups excluding carboxylic acids is 1. The molecule has 0 aliphatic rings. The molecular formula is C10H16O4. The summed E-state index contributed by atoms with van der Waals surface area (Å²) in [7, 11) is 0. The molecule has 0 bridgehead atoms. The maximum Gasteiger partial charge on any atom is 0.330 e. The zero-order chi connectivity index (χ0) is 10.8. The number of ether oxygens (including phenoxy) is 1. The summed E-state index contributed by atoms with van der Waals surface area (Å²) in [5.74, 6) is -1.17. The van der Waals surface area contributed by atoms with E-state index in [1.54, 1.807) is 0 Å². The molecule has 0 unspecified atom stereocenters. The van der Waals surface area contributed by atoms with Crippen LogP contribution in [0.1, 0.15) is 32.1 Å². The normalized spacial score (nSPS) is 9.43. The van der Waals surface area contributed by atoms with E-state index in [9.17, 15) is 9.59 Å². The lowest BCUT2D eigenvalue weighted by molar-refractivity contribution is -0.138. The molecule has 0 heterocycles. The molecule has 0 rings (SSSR count). The summed E-state index contributed by atoms with van der Waals surface area (Å²) >= 11 is 0. The van der Waals surface area contributed by atoms with Crippen LogP contribution in [0.25, 0.3) is 0 Å². The van der Waals surface area contributed by atoms with Crippen molar-refractivity contribution in [3.63, 3.8) is 0 Å². The molecule has 0 aromatic rings. The molecule has 0 fully saturated rings. The van der Waals surface area contributed by atoms with Crippen molar-refractivity contribution in [1.82, 2.24) is 0 Å². The fourth-order valence-corrected chi connectivity index (χ4v) is 0.964. The van der Waals surface area contributed by atoms with Gasteiger partial charge in [0, 0.05) is 12.5 Å². The summed E-state index contributed by atoms with van der Waals surface area (Å²) in [6.45, 7) is 3.66. The van der Waals surface area contributed by atoms with Crippen LogP contribution < -0.4 is 0 Å². The molecule has 1 N–H and O–H groups in total. The first-order chi connectivity index (χ1) is 6.66. The third-order valence-corrected chi connectivity index (χ3v) is 1.70. The number of esters is 1. The molecule has 0 radical (unpaired) electrons. The van der Waals surface area contributed by atoms with Gasteiger partial charge in [0.1, 0.15) is 0 Å². The van der Waals surface area contributed by atoms with Gasteiger partial charge in [-0.15, -0.1) is 0 Å². The summed E-state index contributed by atoms with van der Waals surface area (Å²) in [6, 6.07) is 0. The molecule has 0 aromatic carbocycles. The molecule has 0 aliphatic heterocycles. The number of aliphatic carboxylic acids is 1. The van der Waals surface area contributed by atoms with Crippen LogP contribution in [0.2, 0.25) is 0 Å². The zero-order valence-electron chi connectivity index (χ0n) is 8.20. The fourth-order valence-electron chi connectivity index (χ4n) is 0.964. The predicted molar refractivity (Wildman–Crippen MR) is 51.9 cm³/mol. The highest BCUT2D eigenvalue weighted by atomic mass is 16.5. The van der Waals surface area contributed by atoms with Crippen LogP contribution in [0.3, 0.4) is 0 Å². The summed E-state index contributed by atoms with van der Waals surface area (Å²) < 4.78 is 4.75. The Hall–Kier alpha value is -1.32. The third kappa shape index (κ3) is 8.77. The second-order valence-corrected chi connectivity index (χ2v) is 2.93. The van der Waals surface area contributed by atoms with Crippen LogP contribution >= 0.6 is 0 Å². The van der Waals surface area contributed by atoms with Crippen LogP contribution in [0.15, 0.2) is 12.7 Å². The van der Waals surface area contributed by atoms with Gasteiger partial charge in [0.25, 0.3) is 0 Å². The number of carbonyl (C=O) groups is 2. The molecule has 0 saturated carbocycles. The van der Waals surface area contributed by atoms with Crippen LogP contribution in [0, 0.1) is 0 Å². The lowest BCUT2D eigenvalue weighted by Crippen LogP contribution is -2.01. The molecule has 0 aromatic heterocycles. The zero-order valence-corrected chi connectivity index (χ0v) is 8.20. The van der Waals surface area contributed by atoms with Crippen LogP contribution in [0.4, 0.5) is 0 Å². The number of carboxylic acid groups (broad SMARTS) is 1. The molecule has 0 atom stereocenters. The van der Waals surface area contributed by atoms with E-state index in [1.165, 1.54) is 0 Å². The Morgan fingerprint density at radius 2 is 1.86 bits per heavy atom. The molecule has 0 amide bonds. The van der Waals surface area contributed by atoms with Crippen molar-refractivity contribution in [1.29, 1.82) is 0 Å². The summed E-state index contributed by atoms with van der Waals surface area (Å²) in [5.41, 5.74) is 0. The first-order valence-electron chi connectivity index (χ1n) is 4.68. The van der Waals surface area contributed by atoms with Gasteiger partial charge in [-0.2, -0.15) is 0 Å². The SMILES string of the molecule is C=CC(=O)OCCCCCCC(=O)O. The quantitative estimate of drug-likeness (QED) is 0.368. The summed E-state index contributed by atoms with van der Waals surface area (Å²) in [5, 5.41) is 8.34. The largest absolute Gasteiger partial charge is 0.481 e. The van der Waals surface area contributed by atoms with Gasteiger partial charge in [-0.1, -0.05) is 19.4 Å². The topological polar surface area (TPSA) is 63.6 Å². The number of unbranched alkanes of at least 4 members (excludes halogenated alkanes) is 3. The smallest absolute Gasteiger partial charge is 0.330 e. The van der Waals surface area contributed by atoms with Crippen molar-refractivity contribution in [3.8, 4) is 0 Å². The van der Waals surface area contributed by atoms with Crippen molar-refractivity contribution >= 4 is 11.9 Å². The van der Waals surface area contributed by atoms with E-state index >= 15 is 0 Å². The summed E-state index contributed by atoms with van der Waals surface area (Å²) in [4.78, 5) is 20.7. The van der Waals surface area contributed by atoms with Crippen LogP contribution in [-0.4, -0.2) is 23.7 Å². The number of hydrogen-bond donors (Lipinski definition) is 1. The van der Waals surface area contributed by atoms with E-state index in [-0.39, 0.29) is 6.42 Å². The molecule has 0 spiro atoms. The second-order valence-electron chi connectivity index (χ2n) is 2.93. The predicted octanol–water partition coefficient (Wildman–Crippen LogP) is 1.75. The average molecular weight is 200 g/mol. The minimum absolute atomic E-state index is 0.215. The van der Waals surface area contributed by atoms with E-state index in [4.69, 9.17) is 9.84 Å². The second kappa shape index (κ2) is 8.29. The van der Waals surface area contributed by atoms with E-state index in [1.807, 2.05) is 0 Å². The fraction of sp³-hybridized carbons (Fsp3) is 0.600. The molecule has 80 valence electrons. The van der Waals surface area contributed by atoms with Gasteiger partial charge in [-0.3, -0.25) is 4.79 Å². The number of rotatable bonds is 8. The lowest BCUT2D eigenvalue weighted by atomic mass is 10.1. The Balaban J connectivity index is 3.10. The van der Waals surface area contributed by atoms with Crippen molar-refractivity contribution in [2.24, 2.45) is 0 Å². The highest BCUT2D eigenvalue weighted by Gasteiger charge is 1.97. The minimum Gasteiger partial charge on any atom is -0.481 e. The van der Waals surface area contributed by atoms with Crippen molar-refractivity contribution in [2.45, 2.75) is 32.1 Å². The van der Waals surface area contributed by atoms with Gasteiger partial charge in [0.2, 0.25) is 0 Å². The lowest BCUT2D eigenvalue weighted by Gasteiger charge is -2.01. The number of hydrogen-bond acceptors (Lipinski definition) is 3. The highest BCUT2D eigenvalue weighted by molar-refractivity contribution is 5.81. The first kappa shape index (κ1) is 12.7. The Labute approximate surface area is 83.6 Å². The summed E-state index contributed by atoms with van der Waals surface area (Å²) in [6.07, 6.45) is 4.55. The monoisotopic (exact) mass is 200 g/mol. The standard InChI is InChI=1S/C10H16O4/c1-2-10(13)14-8-6-4-3-5-7-9(11)12/h2H,1,3-8H2,(H,11,12). The van der Waals surface area contributed by atoms with Gasteiger partial charge in [0.15, 0.2) is 0 Å². The van der Waals surface area contributed by atoms with E-state index in [0.29, 0.717) is 13.0 Å². The van der Waals surface area contributed by atoms with Crippen molar-refractivity contribution in [2.75, 3.05) is 6.61 Å². The molecule has 14 heavy (non-hydrogen) atoms. The maximum absolute atomic E-state index is 10.6. The van der Waals surface area contributed by atoms with Gasteiger partial charge in [0.05, 0.1) is 6.61 Å². The molecule has 4 nitrogen and oxygen atoms in total. The van der Waals surface area contributed by atoms with Gasteiger partial charge in [-0.25, -0.2) is 4.79 Å². The molecule has 0 saturated heterocycles. The van der Waals surface area contributed by atoms with Gasteiger partial charge >= 0.3 is 11.9 Å². The van der Waals surface area contributed by atoms with E-state index < -0.39 is 11.9 Å². The maximum atomic E-state index is 10.6.